The molecule has 2 rings (SSSR count). The number of hydrogen-bond donors (Lipinski definition) is 1. The summed E-state index contributed by atoms with van der Waals surface area (Å²) in [6.45, 7) is 3.76. The summed E-state index contributed by atoms with van der Waals surface area (Å²) in [4.78, 5) is 16.6. The van der Waals surface area contributed by atoms with Crippen LogP contribution in [0.25, 0.3) is 0 Å². The number of benzene rings is 1. The zero-order valence-electron chi connectivity index (χ0n) is 12.2. The van der Waals surface area contributed by atoms with E-state index < -0.39 is 17.8 Å². The molecule has 0 saturated heterocycles. The third-order valence-corrected chi connectivity index (χ3v) is 4.10. The van der Waals surface area contributed by atoms with Crippen molar-refractivity contribution in [3.8, 4) is 6.07 Å². The van der Waals surface area contributed by atoms with Gasteiger partial charge in [-0.25, -0.2) is 4.99 Å². The van der Waals surface area contributed by atoms with Crippen LogP contribution in [0.1, 0.15) is 25.3 Å². The highest BCUT2D eigenvalue weighted by atomic mass is 35.5. The lowest BCUT2D eigenvalue weighted by Crippen LogP contribution is -2.33. The standard InChI is InChI=1S/C16H15ClN2O2S/c1-3-21-16(20)13-9(2)19-15(22)12(8-18)14(13)10-4-6-11(17)7-5-10/h4-7,13-14,22H,3H2,1-2H3/t13?,14-/m1/s1. The molecule has 6 heteroatoms. The SMILES string of the molecule is CCOC(=O)C1C(C)=NC(S)=C(C#N)[C@H]1c1ccc(Cl)cc1. The number of halogens is 1. The van der Waals surface area contributed by atoms with Crippen LogP contribution < -0.4 is 0 Å². The molecule has 0 N–H and O–H groups in total. The van der Waals surface area contributed by atoms with E-state index in [1.54, 1.807) is 38.1 Å². The van der Waals surface area contributed by atoms with Gasteiger partial charge < -0.3 is 4.74 Å². The van der Waals surface area contributed by atoms with Gasteiger partial charge in [-0.3, -0.25) is 4.79 Å². The van der Waals surface area contributed by atoms with Crippen LogP contribution in [0.3, 0.4) is 0 Å². The molecular formula is C16H15ClN2O2S. The van der Waals surface area contributed by atoms with E-state index in [1.165, 1.54) is 0 Å². The van der Waals surface area contributed by atoms with E-state index >= 15 is 0 Å². The van der Waals surface area contributed by atoms with Crippen LogP contribution in [0.2, 0.25) is 5.02 Å². The average molecular weight is 335 g/mol. The number of nitriles is 1. The lowest BCUT2D eigenvalue weighted by atomic mass is 9.77. The molecule has 0 amide bonds. The predicted octanol–water partition coefficient (Wildman–Crippen LogP) is 3.74. The van der Waals surface area contributed by atoms with Crippen molar-refractivity contribution in [3.63, 3.8) is 0 Å². The fourth-order valence-corrected chi connectivity index (χ4v) is 3.00. The van der Waals surface area contributed by atoms with E-state index in [-0.39, 0.29) is 6.61 Å². The summed E-state index contributed by atoms with van der Waals surface area (Å²) in [5, 5.41) is 10.4. The fourth-order valence-electron chi connectivity index (χ4n) is 2.53. The summed E-state index contributed by atoms with van der Waals surface area (Å²) in [6, 6.07) is 9.18. The zero-order chi connectivity index (χ0) is 16.3. The van der Waals surface area contributed by atoms with Crippen molar-refractivity contribution in [1.29, 1.82) is 5.26 Å². The average Bonchev–Trinajstić information content (AvgIpc) is 2.47. The minimum Gasteiger partial charge on any atom is -0.465 e. The quantitative estimate of drug-likeness (QED) is 0.676. The molecule has 0 aromatic heterocycles. The monoisotopic (exact) mass is 334 g/mol. The van der Waals surface area contributed by atoms with Crippen molar-refractivity contribution < 1.29 is 9.53 Å². The van der Waals surface area contributed by atoms with Gasteiger partial charge in [-0.15, -0.1) is 12.6 Å². The minimum atomic E-state index is -0.633. The number of ether oxygens (including phenoxy) is 1. The van der Waals surface area contributed by atoms with Crippen LogP contribution in [0.4, 0.5) is 0 Å². The Morgan fingerprint density at radius 2 is 2.09 bits per heavy atom. The second-order valence-electron chi connectivity index (χ2n) is 4.86. The highest BCUT2D eigenvalue weighted by Gasteiger charge is 2.39. The van der Waals surface area contributed by atoms with Gasteiger partial charge in [-0.2, -0.15) is 5.26 Å². The first-order valence-corrected chi connectivity index (χ1v) is 7.62. The van der Waals surface area contributed by atoms with Gasteiger partial charge in [0.1, 0.15) is 10.9 Å². The lowest BCUT2D eigenvalue weighted by Gasteiger charge is -2.29. The maximum Gasteiger partial charge on any atom is 0.315 e. The summed E-state index contributed by atoms with van der Waals surface area (Å²) in [5.74, 6) is -1.49. The van der Waals surface area contributed by atoms with Gasteiger partial charge >= 0.3 is 5.97 Å². The number of nitrogens with zero attached hydrogens (tertiary/aromatic N) is 2. The third-order valence-electron chi connectivity index (χ3n) is 3.51. The molecule has 0 spiro atoms. The molecule has 0 bridgehead atoms. The Bertz CT molecular complexity index is 689. The molecule has 1 aliphatic heterocycles. The summed E-state index contributed by atoms with van der Waals surface area (Å²) in [6.07, 6.45) is 0. The largest absolute Gasteiger partial charge is 0.465 e. The van der Waals surface area contributed by atoms with Crippen molar-refractivity contribution in [2.45, 2.75) is 19.8 Å². The number of esters is 1. The minimum absolute atomic E-state index is 0.273. The molecule has 4 nitrogen and oxygen atoms in total. The number of carbonyl (C=O) groups is 1. The molecule has 2 atom stereocenters. The van der Waals surface area contributed by atoms with Gasteiger partial charge in [0.2, 0.25) is 0 Å². The first kappa shape index (κ1) is 16.6. The van der Waals surface area contributed by atoms with Crippen molar-refractivity contribution in [2.75, 3.05) is 6.61 Å². The third kappa shape index (κ3) is 3.18. The zero-order valence-corrected chi connectivity index (χ0v) is 13.9. The number of aliphatic imine (C=N–C) groups is 1. The van der Waals surface area contributed by atoms with Gasteiger partial charge in [-0.1, -0.05) is 23.7 Å². The molecule has 22 heavy (non-hydrogen) atoms. The maximum atomic E-state index is 12.3. The highest BCUT2D eigenvalue weighted by Crippen LogP contribution is 2.40. The van der Waals surface area contributed by atoms with E-state index in [0.29, 0.717) is 21.3 Å². The fraction of sp³-hybridized carbons (Fsp3) is 0.312. The predicted molar refractivity (Wildman–Crippen MR) is 89.1 cm³/mol. The first-order chi connectivity index (χ1) is 10.5. The number of thiol groups is 1. The van der Waals surface area contributed by atoms with Crippen LogP contribution in [-0.4, -0.2) is 18.3 Å². The van der Waals surface area contributed by atoms with Crippen molar-refractivity contribution in [1.82, 2.24) is 0 Å². The molecule has 0 radical (unpaired) electrons. The Hall–Kier alpha value is -1.77. The number of allylic oxidation sites excluding steroid dienone is 1. The lowest BCUT2D eigenvalue weighted by molar-refractivity contribution is -0.146. The van der Waals surface area contributed by atoms with E-state index in [1.807, 2.05) is 0 Å². The Kier molecular flexibility index (Phi) is 5.28. The van der Waals surface area contributed by atoms with Crippen molar-refractivity contribution in [2.24, 2.45) is 10.9 Å². The van der Waals surface area contributed by atoms with Crippen LogP contribution in [0, 0.1) is 17.2 Å². The second kappa shape index (κ2) is 6.99. The number of rotatable bonds is 3. The van der Waals surface area contributed by atoms with Gasteiger partial charge in [0.05, 0.1) is 18.2 Å². The van der Waals surface area contributed by atoms with Crippen LogP contribution in [0.5, 0.6) is 0 Å². The van der Waals surface area contributed by atoms with Gasteiger partial charge in [0.15, 0.2) is 0 Å². The molecule has 0 saturated carbocycles. The summed E-state index contributed by atoms with van der Waals surface area (Å²) >= 11 is 10.2. The maximum absolute atomic E-state index is 12.3. The van der Waals surface area contributed by atoms with Gasteiger partial charge in [0, 0.05) is 16.7 Å². The van der Waals surface area contributed by atoms with Crippen LogP contribution in [-0.2, 0) is 9.53 Å². The highest BCUT2D eigenvalue weighted by molar-refractivity contribution is 7.84. The Balaban J connectivity index is 2.56. The van der Waals surface area contributed by atoms with Crippen molar-refractivity contribution >= 4 is 35.9 Å². The normalized spacial score (nSPS) is 21.1. The topological polar surface area (TPSA) is 62.4 Å². The van der Waals surface area contributed by atoms with E-state index in [9.17, 15) is 10.1 Å². The molecule has 1 heterocycles. The number of hydrogen-bond acceptors (Lipinski definition) is 5. The van der Waals surface area contributed by atoms with Gasteiger partial charge in [0.25, 0.3) is 0 Å². The van der Waals surface area contributed by atoms with E-state index in [4.69, 9.17) is 16.3 Å². The molecule has 114 valence electrons. The Labute approximate surface area is 139 Å². The first-order valence-electron chi connectivity index (χ1n) is 6.80. The molecule has 1 aromatic carbocycles. The summed E-state index contributed by atoms with van der Waals surface area (Å²) in [7, 11) is 0. The van der Waals surface area contributed by atoms with Crippen LogP contribution >= 0.6 is 24.2 Å². The van der Waals surface area contributed by atoms with Crippen LogP contribution in [0.15, 0.2) is 39.9 Å². The molecule has 1 aliphatic rings. The second-order valence-corrected chi connectivity index (χ2v) is 5.72. The molecule has 1 unspecified atom stereocenters. The molecule has 1 aromatic rings. The Morgan fingerprint density at radius 1 is 1.45 bits per heavy atom. The number of carbonyl (C=O) groups excluding carboxylic acids is 1. The summed E-state index contributed by atoms with van der Waals surface area (Å²) < 4.78 is 5.15. The van der Waals surface area contributed by atoms with Crippen molar-refractivity contribution in [3.05, 3.63) is 45.5 Å². The van der Waals surface area contributed by atoms with E-state index in [2.05, 4.69) is 23.7 Å². The van der Waals surface area contributed by atoms with E-state index in [0.717, 1.165) is 5.56 Å². The van der Waals surface area contributed by atoms with Gasteiger partial charge in [-0.05, 0) is 31.5 Å². The smallest absolute Gasteiger partial charge is 0.315 e. The Morgan fingerprint density at radius 3 is 2.64 bits per heavy atom. The molecule has 0 fully saturated rings. The molecule has 0 aliphatic carbocycles. The molecular weight excluding hydrogens is 320 g/mol. The summed E-state index contributed by atoms with van der Waals surface area (Å²) in [5.41, 5.74) is 1.75.